The Bertz CT molecular complexity index is 704. The van der Waals surface area contributed by atoms with E-state index in [-0.39, 0.29) is 12.1 Å². The minimum absolute atomic E-state index is 0.0453. The average Bonchev–Trinajstić information content (AvgIpc) is 2.74. The molecule has 1 atom stereocenters. The van der Waals surface area contributed by atoms with Gasteiger partial charge in [-0.15, -0.1) is 0 Å². The third-order valence-corrected chi connectivity index (χ3v) is 5.08. The maximum atomic E-state index is 12.2. The maximum Gasteiger partial charge on any atom is 0.338 e. The SMILES string of the molecule is CCCCCCCCOc1ccc(-c2ccc(C(=O)O[C@@H](C)CCC)cc2)cc1. The Morgan fingerprint density at radius 1 is 0.793 bits per heavy atom. The normalized spacial score (nSPS) is 11.8. The third-order valence-electron chi connectivity index (χ3n) is 5.08. The van der Waals surface area contributed by atoms with Crippen molar-refractivity contribution in [3.63, 3.8) is 0 Å². The van der Waals surface area contributed by atoms with E-state index in [9.17, 15) is 4.79 Å². The van der Waals surface area contributed by atoms with Crippen LogP contribution in [0, 0.1) is 0 Å². The number of ether oxygens (including phenoxy) is 2. The van der Waals surface area contributed by atoms with Crippen LogP contribution in [0.2, 0.25) is 0 Å². The molecule has 0 bridgehead atoms. The molecule has 0 spiro atoms. The minimum Gasteiger partial charge on any atom is -0.494 e. The van der Waals surface area contributed by atoms with Crippen molar-refractivity contribution in [3.05, 3.63) is 54.1 Å². The molecule has 3 nitrogen and oxygen atoms in total. The number of carbonyl (C=O) groups is 1. The number of benzene rings is 2. The molecule has 0 saturated heterocycles. The summed E-state index contributed by atoms with van der Waals surface area (Å²) < 4.78 is 11.3. The number of carbonyl (C=O) groups excluding carboxylic acids is 1. The van der Waals surface area contributed by atoms with E-state index < -0.39 is 0 Å². The molecule has 0 heterocycles. The summed E-state index contributed by atoms with van der Waals surface area (Å²) in [6.07, 6.45) is 9.45. The molecule has 0 aliphatic carbocycles. The highest BCUT2D eigenvalue weighted by molar-refractivity contribution is 5.90. The van der Waals surface area contributed by atoms with Crippen LogP contribution in [0.25, 0.3) is 11.1 Å². The van der Waals surface area contributed by atoms with Crippen LogP contribution >= 0.6 is 0 Å². The Balaban J connectivity index is 1.81. The van der Waals surface area contributed by atoms with E-state index in [2.05, 4.69) is 26.0 Å². The summed E-state index contributed by atoms with van der Waals surface area (Å²) in [5, 5.41) is 0. The van der Waals surface area contributed by atoms with Crippen LogP contribution in [0.4, 0.5) is 0 Å². The Kier molecular flexibility index (Phi) is 10.3. The van der Waals surface area contributed by atoms with Gasteiger partial charge < -0.3 is 9.47 Å². The molecule has 0 amide bonds. The van der Waals surface area contributed by atoms with Crippen molar-refractivity contribution in [1.82, 2.24) is 0 Å². The van der Waals surface area contributed by atoms with Gasteiger partial charge in [-0.05, 0) is 55.2 Å². The summed E-state index contributed by atoms with van der Waals surface area (Å²) in [7, 11) is 0. The zero-order valence-corrected chi connectivity index (χ0v) is 18.3. The lowest BCUT2D eigenvalue weighted by molar-refractivity contribution is 0.0323. The fourth-order valence-electron chi connectivity index (χ4n) is 3.33. The summed E-state index contributed by atoms with van der Waals surface area (Å²) in [5.74, 6) is 0.656. The monoisotopic (exact) mass is 396 g/mol. The van der Waals surface area contributed by atoms with Crippen LogP contribution in [-0.4, -0.2) is 18.7 Å². The molecule has 0 unspecified atom stereocenters. The zero-order valence-electron chi connectivity index (χ0n) is 18.3. The predicted molar refractivity (Wildman–Crippen MR) is 121 cm³/mol. The van der Waals surface area contributed by atoms with E-state index in [1.54, 1.807) is 0 Å². The number of rotatable bonds is 13. The summed E-state index contributed by atoms with van der Waals surface area (Å²) in [5.41, 5.74) is 2.78. The molecule has 0 radical (unpaired) electrons. The van der Waals surface area contributed by atoms with Crippen molar-refractivity contribution in [2.24, 2.45) is 0 Å². The summed E-state index contributed by atoms with van der Waals surface area (Å²) in [6, 6.07) is 15.8. The van der Waals surface area contributed by atoms with Crippen molar-refractivity contribution < 1.29 is 14.3 Å². The molecule has 2 aromatic carbocycles. The quantitative estimate of drug-likeness (QED) is 0.261. The first kappa shape index (κ1) is 23.0. The molecule has 0 aliphatic rings. The lowest BCUT2D eigenvalue weighted by atomic mass is 10.0. The van der Waals surface area contributed by atoms with Gasteiger partial charge in [-0.2, -0.15) is 0 Å². The van der Waals surface area contributed by atoms with Gasteiger partial charge in [0.1, 0.15) is 5.75 Å². The van der Waals surface area contributed by atoms with Gasteiger partial charge in [0.2, 0.25) is 0 Å². The molecule has 0 fully saturated rings. The minimum atomic E-state index is -0.254. The number of unbranched alkanes of at least 4 members (excludes halogenated alkanes) is 5. The van der Waals surface area contributed by atoms with Gasteiger partial charge in [-0.1, -0.05) is 76.6 Å². The fourth-order valence-corrected chi connectivity index (χ4v) is 3.33. The lowest BCUT2D eigenvalue weighted by Crippen LogP contribution is -2.14. The lowest BCUT2D eigenvalue weighted by Gasteiger charge is -2.12. The smallest absolute Gasteiger partial charge is 0.338 e. The predicted octanol–water partition coefficient (Wildman–Crippen LogP) is 7.44. The first-order chi connectivity index (χ1) is 14.1. The van der Waals surface area contributed by atoms with Gasteiger partial charge in [-0.3, -0.25) is 0 Å². The molecular weight excluding hydrogens is 360 g/mol. The zero-order chi connectivity index (χ0) is 20.9. The van der Waals surface area contributed by atoms with Crippen molar-refractivity contribution in [2.75, 3.05) is 6.61 Å². The first-order valence-electron chi connectivity index (χ1n) is 11.2. The number of esters is 1. The molecule has 0 aromatic heterocycles. The second kappa shape index (κ2) is 13.0. The Labute approximate surface area is 176 Å². The molecule has 0 saturated carbocycles. The largest absolute Gasteiger partial charge is 0.494 e. The van der Waals surface area contributed by atoms with E-state index in [1.165, 1.54) is 32.1 Å². The highest BCUT2D eigenvalue weighted by Gasteiger charge is 2.11. The van der Waals surface area contributed by atoms with Crippen LogP contribution in [0.1, 0.15) is 82.5 Å². The summed E-state index contributed by atoms with van der Waals surface area (Å²) >= 11 is 0. The number of hydrogen-bond acceptors (Lipinski definition) is 3. The Morgan fingerprint density at radius 3 is 2.00 bits per heavy atom. The average molecular weight is 397 g/mol. The second-order valence-corrected chi connectivity index (χ2v) is 7.72. The third kappa shape index (κ3) is 8.31. The molecule has 2 aromatic rings. The summed E-state index contributed by atoms with van der Waals surface area (Å²) in [4.78, 5) is 12.2. The van der Waals surface area contributed by atoms with Crippen LogP contribution in [0.3, 0.4) is 0 Å². The maximum absolute atomic E-state index is 12.2. The molecule has 2 rings (SSSR count). The van der Waals surface area contributed by atoms with Gasteiger partial charge >= 0.3 is 5.97 Å². The van der Waals surface area contributed by atoms with Crippen LogP contribution < -0.4 is 4.74 Å². The van der Waals surface area contributed by atoms with E-state index in [0.717, 1.165) is 42.7 Å². The van der Waals surface area contributed by atoms with Crippen LogP contribution in [-0.2, 0) is 4.74 Å². The van der Waals surface area contributed by atoms with Crippen molar-refractivity contribution in [1.29, 1.82) is 0 Å². The van der Waals surface area contributed by atoms with Gasteiger partial charge in [0.25, 0.3) is 0 Å². The molecule has 0 N–H and O–H groups in total. The van der Waals surface area contributed by atoms with Crippen molar-refractivity contribution >= 4 is 5.97 Å². The van der Waals surface area contributed by atoms with Gasteiger partial charge in [-0.25, -0.2) is 4.79 Å². The van der Waals surface area contributed by atoms with Crippen LogP contribution in [0.5, 0.6) is 5.75 Å². The van der Waals surface area contributed by atoms with Gasteiger partial charge in [0.15, 0.2) is 0 Å². The number of hydrogen-bond donors (Lipinski definition) is 0. The fraction of sp³-hybridized carbons (Fsp3) is 0.500. The Hall–Kier alpha value is -2.29. The van der Waals surface area contributed by atoms with E-state index in [1.807, 2.05) is 43.3 Å². The van der Waals surface area contributed by atoms with Crippen molar-refractivity contribution in [3.8, 4) is 16.9 Å². The first-order valence-corrected chi connectivity index (χ1v) is 11.2. The molecular formula is C26H36O3. The van der Waals surface area contributed by atoms with E-state index in [0.29, 0.717) is 5.56 Å². The van der Waals surface area contributed by atoms with E-state index in [4.69, 9.17) is 9.47 Å². The van der Waals surface area contributed by atoms with Gasteiger partial charge in [0, 0.05) is 0 Å². The second-order valence-electron chi connectivity index (χ2n) is 7.72. The summed E-state index contributed by atoms with van der Waals surface area (Å²) in [6.45, 7) is 7.04. The molecule has 3 heteroatoms. The molecule has 158 valence electrons. The highest BCUT2D eigenvalue weighted by atomic mass is 16.5. The standard InChI is InChI=1S/C26H36O3/c1-4-6-7-8-9-10-20-28-25-18-16-23(17-19-25)22-12-14-24(15-13-22)26(27)29-21(3)11-5-2/h12-19,21H,4-11,20H2,1-3H3/t21-/m0/s1. The van der Waals surface area contributed by atoms with E-state index >= 15 is 0 Å². The van der Waals surface area contributed by atoms with Gasteiger partial charge in [0.05, 0.1) is 18.3 Å². The Morgan fingerprint density at radius 2 is 1.38 bits per heavy atom. The van der Waals surface area contributed by atoms with Crippen molar-refractivity contribution in [2.45, 2.75) is 78.2 Å². The molecule has 29 heavy (non-hydrogen) atoms. The van der Waals surface area contributed by atoms with Crippen LogP contribution in [0.15, 0.2) is 48.5 Å². The molecule has 0 aliphatic heterocycles. The highest BCUT2D eigenvalue weighted by Crippen LogP contribution is 2.23. The topological polar surface area (TPSA) is 35.5 Å².